The lowest BCUT2D eigenvalue weighted by Gasteiger charge is -2.33. The molecule has 0 aromatic carbocycles. The average molecular weight is 308 g/mol. The molecule has 5 heteroatoms. The number of halogens is 1. The predicted octanol–water partition coefficient (Wildman–Crippen LogP) is 2.79. The standard InChI is InChI=1S/C16H22ClN3O/c1-11-6-7-18-15(14(11)17)20-8-2-3-13(10-20)16(21)19-9-12-4-5-12/h6-7,12-13H,2-5,8-10H2,1H3,(H,19,21)/t13-/m1/s1. The van der Waals surface area contributed by atoms with Crippen molar-refractivity contribution < 1.29 is 4.79 Å². The van der Waals surface area contributed by atoms with Gasteiger partial charge in [0, 0.05) is 25.8 Å². The first-order chi connectivity index (χ1) is 10.1. The number of hydrogen-bond donors (Lipinski definition) is 1. The fourth-order valence-electron chi connectivity index (χ4n) is 2.84. The Balaban J connectivity index is 1.64. The summed E-state index contributed by atoms with van der Waals surface area (Å²) in [5, 5.41) is 3.80. The molecule has 21 heavy (non-hydrogen) atoms. The van der Waals surface area contributed by atoms with Crippen molar-refractivity contribution in [1.82, 2.24) is 10.3 Å². The van der Waals surface area contributed by atoms with Crippen LogP contribution >= 0.6 is 11.6 Å². The van der Waals surface area contributed by atoms with Gasteiger partial charge in [0.25, 0.3) is 0 Å². The van der Waals surface area contributed by atoms with E-state index in [1.54, 1.807) is 6.20 Å². The molecule has 1 aromatic rings. The smallest absolute Gasteiger partial charge is 0.224 e. The zero-order chi connectivity index (χ0) is 14.8. The van der Waals surface area contributed by atoms with Crippen molar-refractivity contribution >= 4 is 23.3 Å². The SMILES string of the molecule is Cc1ccnc(N2CCC[C@@H](C(=O)NCC3CC3)C2)c1Cl. The number of nitrogens with one attached hydrogen (secondary N) is 1. The van der Waals surface area contributed by atoms with Crippen LogP contribution in [-0.4, -0.2) is 30.5 Å². The minimum absolute atomic E-state index is 0.0517. The second-order valence-corrected chi connectivity index (χ2v) is 6.62. The number of carbonyl (C=O) groups is 1. The number of aryl methyl sites for hydroxylation is 1. The first-order valence-electron chi connectivity index (χ1n) is 7.79. The van der Waals surface area contributed by atoms with E-state index in [-0.39, 0.29) is 11.8 Å². The van der Waals surface area contributed by atoms with Gasteiger partial charge in [0.05, 0.1) is 10.9 Å². The third kappa shape index (κ3) is 3.49. The Morgan fingerprint density at radius 3 is 3.05 bits per heavy atom. The lowest BCUT2D eigenvalue weighted by Crippen LogP contribution is -2.44. The fourth-order valence-corrected chi connectivity index (χ4v) is 3.07. The van der Waals surface area contributed by atoms with Crippen LogP contribution in [0.25, 0.3) is 0 Å². The summed E-state index contributed by atoms with van der Waals surface area (Å²) < 4.78 is 0. The first-order valence-corrected chi connectivity index (χ1v) is 8.16. The summed E-state index contributed by atoms with van der Waals surface area (Å²) in [5.41, 5.74) is 1.03. The van der Waals surface area contributed by atoms with Crippen LogP contribution in [0.1, 0.15) is 31.2 Å². The maximum atomic E-state index is 12.3. The van der Waals surface area contributed by atoms with Gasteiger partial charge in [-0.1, -0.05) is 11.6 Å². The van der Waals surface area contributed by atoms with Crippen molar-refractivity contribution in [3.63, 3.8) is 0 Å². The van der Waals surface area contributed by atoms with Crippen molar-refractivity contribution in [2.24, 2.45) is 11.8 Å². The quantitative estimate of drug-likeness (QED) is 0.930. The lowest BCUT2D eigenvalue weighted by molar-refractivity contribution is -0.125. The number of nitrogens with zero attached hydrogens (tertiary/aromatic N) is 2. The zero-order valence-corrected chi connectivity index (χ0v) is 13.2. The molecule has 1 amide bonds. The molecule has 4 nitrogen and oxygen atoms in total. The Kier molecular flexibility index (Phi) is 4.34. The van der Waals surface area contributed by atoms with E-state index in [9.17, 15) is 4.79 Å². The van der Waals surface area contributed by atoms with E-state index >= 15 is 0 Å². The third-order valence-electron chi connectivity index (χ3n) is 4.42. The zero-order valence-electron chi connectivity index (χ0n) is 12.4. The van der Waals surface area contributed by atoms with Crippen LogP contribution < -0.4 is 10.2 Å². The molecule has 1 aliphatic heterocycles. The molecule has 2 heterocycles. The molecule has 0 radical (unpaired) electrons. The fraction of sp³-hybridized carbons (Fsp3) is 0.625. The van der Waals surface area contributed by atoms with Crippen LogP contribution in [0.3, 0.4) is 0 Å². The monoisotopic (exact) mass is 307 g/mol. The molecule has 1 aliphatic carbocycles. The Morgan fingerprint density at radius 2 is 2.29 bits per heavy atom. The second-order valence-electron chi connectivity index (χ2n) is 6.24. The van der Waals surface area contributed by atoms with Gasteiger partial charge in [-0.25, -0.2) is 4.98 Å². The molecule has 2 aliphatic rings. The predicted molar refractivity (Wildman–Crippen MR) is 84.7 cm³/mol. The number of amides is 1. The van der Waals surface area contributed by atoms with Crippen molar-refractivity contribution in [2.45, 2.75) is 32.6 Å². The molecule has 2 fully saturated rings. The molecule has 1 aromatic heterocycles. The van der Waals surface area contributed by atoms with Gasteiger partial charge in [0.1, 0.15) is 5.82 Å². The topological polar surface area (TPSA) is 45.2 Å². The molecule has 1 N–H and O–H groups in total. The summed E-state index contributed by atoms with van der Waals surface area (Å²) in [4.78, 5) is 18.8. The van der Waals surface area contributed by atoms with Crippen LogP contribution in [0.5, 0.6) is 0 Å². The number of anilines is 1. The largest absolute Gasteiger partial charge is 0.356 e. The van der Waals surface area contributed by atoms with E-state index in [1.165, 1.54) is 12.8 Å². The molecule has 1 atom stereocenters. The maximum Gasteiger partial charge on any atom is 0.224 e. The number of carbonyl (C=O) groups excluding carboxylic acids is 1. The maximum absolute atomic E-state index is 12.3. The van der Waals surface area contributed by atoms with Crippen LogP contribution in [0.2, 0.25) is 5.02 Å². The summed E-state index contributed by atoms with van der Waals surface area (Å²) in [6.45, 7) is 4.46. The van der Waals surface area contributed by atoms with Crippen LogP contribution in [-0.2, 0) is 4.79 Å². The van der Waals surface area contributed by atoms with E-state index in [2.05, 4.69) is 15.2 Å². The van der Waals surface area contributed by atoms with E-state index in [0.29, 0.717) is 11.6 Å². The molecule has 0 spiro atoms. The Morgan fingerprint density at radius 1 is 1.48 bits per heavy atom. The van der Waals surface area contributed by atoms with Gasteiger partial charge < -0.3 is 10.2 Å². The molecule has 1 saturated heterocycles. The van der Waals surface area contributed by atoms with Crippen molar-refractivity contribution in [3.05, 3.63) is 22.8 Å². The first kappa shape index (κ1) is 14.6. The van der Waals surface area contributed by atoms with Gasteiger partial charge in [0.2, 0.25) is 5.91 Å². The number of hydrogen-bond acceptors (Lipinski definition) is 3. The highest BCUT2D eigenvalue weighted by molar-refractivity contribution is 6.33. The van der Waals surface area contributed by atoms with Crippen LogP contribution in [0.15, 0.2) is 12.3 Å². The van der Waals surface area contributed by atoms with Gasteiger partial charge in [-0.15, -0.1) is 0 Å². The highest BCUT2D eigenvalue weighted by atomic mass is 35.5. The van der Waals surface area contributed by atoms with E-state index in [4.69, 9.17) is 11.6 Å². The van der Waals surface area contributed by atoms with Crippen LogP contribution in [0.4, 0.5) is 5.82 Å². The van der Waals surface area contributed by atoms with E-state index < -0.39 is 0 Å². The lowest BCUT2D eigenvalue weighted by atomic mass is 9.97. The summed E-state index contributed by atoms with van der Waals surface area (Å²) >= 11 is 6.36. The molecule has 3 rings (SSSR count). The highest BCUT2D eigenvalue weighted by Crippen LogP contribution is 2.30. The normalized spacial score (nSPS) is 22.2. The van der Waals surface area contributed by atoms with Crippen LogP contribution in [0, 0.1) is 18.8 Å². The molecule has 114 valence electrons. The van der Waals surface area contributed by atoms with E-state index in [1.807, 2.05) is 13.0 Å². The average Bonchev–Trinajstić information content (AvgIpc) is 3.32. The van der Waals surface area contributed by atoms with Gasteiger partial charge in [-0.05, 0) is 50.2 Å². The number of aromatic nitrogens is 1. The minimum Gasteiger partial charge on any atom is -0.356 e. The molecular weight excluding hydrogens is 286 g/mol. The van der Waals surface area contributed by atoms with Gasteiger partial charge in [-0.2, -0.15) is 0 Å². The summed E-state index contributed by atoms with van der Waals surface area (Å²) in [6, 6.07) is 1.91. The second kappa shape index (κ2) is 6.22. The highest BCUT2D eigenvalue weighted by Gasteiger charge is 2.29. The molecule has 1 saturated carbocycles. The Labute approximate surface area is 130 Å². The number of pyridine rings is 1. The Bertz CT molecular complexity index is 530. The van der Waals surface area contributed by atoms with Crippen molar-refractivity contribution in [2.75, 3.05) is 24.5 Å². The molecule has 0 unspecified atom stereocenters. The number of rotatable bonds is 4. The molecule has 0 bridgehead atoms. The Hall–Kier alpha value is -1.29. The summed E-state index contributed by atoms with van der Waals surface area (Å²) in [6.07, 6.45) is 6.27. The van der Waals surface area contributed by atoms with Gasteiger partial charge in [-0.3, -0.25) is 4.79 Å². The summed E-state index contributed by atoms with van der Waals surface area (Å²) in [5.74, 6) is 1.78. The van der Waals surface area contributed by atoms with Gasteiger partial charge >= 0.3 is 0 Å². The van der Waals surface area contributed by atoms with E-state index in [0.717, 1.165) is 43.2 Å². The van der Waals surface area contributed by atoms with Gasteiger partial charge in [0.15, 0.2) is 0 Å². The van der Waals surface area contributed by atoms with Crippen molar-refractivity contribution in [1.29, 1.82) is 0 Å². The number of piperidine rings is 1. The minimum atomic E-state index is 0.0517. The molecular formula is C16H22ClN3O. The summed E-state index contributed by atoms with van der Waals surface area (Å²) in [7, 11) is 0. The van der Waals surface area contributed by atoms with Crippen molar-refractivity contribution in [3.8, 4) is 0 Å². The third-order valence-corrected chi connectivity index (χ3v) is 4.88.